The Morgan fingerprint density at radius 1 is 0.914 bits per heavy atom. The zero-order valence-electron chi connectivity index (χ0n) is 19.3. The molecule has 0 spiro atoms. The summed E-state index contributed by atoms with van der Waals surface area (Å²) in [6.45, 7) is 1.66. The predicted molar refractivity (Wildman–Crippen MR) is 129 cm³/mol. The van der Waals surface area contributed by atoms with Crippen molar-refractivity contribution in [2.24, 2.45) is 0 Å². The number of alkyl carbamates (subject to hydrolysis) is 1. The fourth-order valence-electron chi connectivity index (χ4n) is 3.67. The average Bonchev–Trinajstić information content (AvgIpc) is 2.88. The summed E-state index contributed by atoms with van der Waals surface area (Å²) in [6.07, 6.45) is -1.27. The fraction of sp³-hybridized carbons (Fsp3) is 0.222. The molecule has 0 aliphatic carbocycles. The number of rotatable bonds is 9. The number of ether oxygens (including phenoxy) is 2. The molecule has 1 aliphatic rings. The molecule has 0 saturated carbocycles. The van der Waals surface area contributed by atoms with Crippen LogP contribution in [0.15, 0.2) is 91.0 Å². The molecule has 0 unspecified atom stereocenters. The SMILES string of the molecule is C[C@@]1(NC(=O)[C@H](Cc2ccccc2)NC(=O)OCc2ccccc2)C(=O)N[C@@H]1Oc1ccccc1. The zero-order chi connectivity index (χ0) is 24.7. The summed E-state index contributed by atoms with van der Waals surface area (Å²) in [5, 5.41) is 8.07. The van der Waals surface area contributed by atoms with Crippen LogP contribution in [0.5, 0.6) is 5.75 Å². The molecule has 0 aromatic heterocycles. The molecule has 0 radical (unpaired) electrons. The van der Waals surface area contributed by atoms with Crippen molar-refractivity contribution in [3.63, 3.8) is 0 Å². The van der Waals surface area contributed by atoms with Crippen molar-refractivity contribution >= 4 is 17.9 Å². The highest BCUT2D eigenvalue weighted by molar-refractivity contribution is 5.98. The summed E-state index contributed by atoms with van der Waals surface area (Å²) in [6, 6.07) is 26.5. The maximum Gasteiger partial charge on any atom is 0.408 e. The van der Waals surface area contributed by atoms with Crippen LogP contribution in [-0.4, -0.2) is 35.7 Å². The lowest BCUT2D eigenvalue weighted by atomic mass is 9.89. The number of hydrogen-bond donors (Lipinski definition) is 3. The van der Waals surface area contributed by atoms with Crippen LogP contribution >= 0.6 is 0 Å². The third-order valence-electron chi connectivity index (χ3n) is 5.74. The van der Waals surface area contributed by atoms with Gasteiger partial charge in [-0.25, -0.2) is 4.79 Å². The summed E-state index contributed by atoms with van der Waals surface area (Å²) in [4.78, 5) is 38.2. The van der Waals surface area contributed by atoms with E-state index in [1.807, 2.05) is 78.9 Å². The van der Waals surface area contributed by atoms with Crippen LogP contribution in [-0.2, 0) is 27.4 Å². The molecule has 3 atom stereocenters. The number of para-hydroxylation sites is 1. The van der Waals surface area contributed by atoms with Gasteiger partial charge in [-0.05, 0) is 30.2 Å². The molecule has 1 aliphatic heterocycles. The number of benzene rings is 3. The lowest BCUT2D eigenvalue weighted by molar-refractivity contribution is -0.153. The molecule has 0 bridgehead atoms. The Bertz CT molecular complexity index is 1160. The first kappa shape index (κ1) is 23.8. The van der Waals surface area contributed by atoms with Crippen molar-refractivity contribution in [3.8, 4) is 5.75 Å². The second-order valence-corrected chi connectivity index (χ2v) is 8.42. The first-order valence-corrected chi connectivity index (χ1v) is 11.3. The smallest absolute Gasteiger partial charge is 0.408 e. The standard InChI is InChI=1S/C27H27N3O5/c1-27(24(32)29-25(27)35-21-15-9-4-10-16-21)30-23(31)22(17-19-11-5-2-6-12-19)28-26(33)34-18-20-13-7-3-8-14-20/h2-16,22,25H,17-18H2,1H3,(H,28,33)(H,29,32)(H,30,31)/t22-,25+,27+/m0/s1. The molecular formula is C27H27N3O5. The second-order valence-electron chi connectivity index (χ2n) is 8.42. The van der Waals surface area contributed by atoms with Crippen LogP contribution in [0.25, 0.3) is 0 Å². The van der Waals surface area contributed by atoms with Crippen LogP contribution in [0.2, 0.25) is 0 Å². The van der Waals surface area contributed by atoms with E-state index in [1.165, 1.54) is 0 Å². The molecule has 35 heavy (non-hydrogen) atoms. The molecular weight excluding hydrogens is 446 g/mol. The minimum Gasteiger partial charge on any atom is -0.468 e. The minimum absolute atomic E-state index is 0.0689. The Morgan fingerprint density at radius 3 is 2.09 bits per heavy atom. The van der Waals surface area contributed by atoms with Gasteiger partial charge in [0.1, 0.15) is 18.4 Å². The van der Waals surface area contributed by atoms with Gasteiger partial charge in [0.15, 0.2) is 5.54 Å². The molecule has 8 heteroatoms. The predicted octanol–water partition coefficient (Wildman–Crippen LogP) is 2.93. The monoisotopic (exact) mass is 473 g/mol. The Balaban J connectivity index is 1.44. The lowest BCUT2D eigenvalue weighted by Crippen LogP contribution is -2.80. The third-order valence-corrected chi connectivity index (χ3v) is 5.74. The molecule has 1 saturated heterocycles. The van der Waals surface area contributed by atoms with Gasteiger partial charge < -0.3 is 25.4 Å². The first-order chi connectivity index (χ1) is 16.9. The van der Waals surface area contributed by atoms with E-state index in [1.54, 1.807) is 19.1 Å². The van der Waals surface area contributed by atoms with E-state index in [9.17, 15) is 14.4 Å². The number of carbonyl (C=O) groups excluding carboxylic acids is 3. The highest BCUT2D eigenvalue weighted by atomic mass is 16.5. The summed E-state index contributed by atoms with van der Waals surface area (Å²) >= 11 is 0. The van der Waals surface area contributed by atoms with Gasteiger partial charge >= 0.3 is 6.09 Å². The van der Waals surface area contributed by atoms with Crippen molar-refractivity contribution in [1.29, 1.82) is 0 Å². The van der Waals surface area contributed by atoms with Crippen LogP contribution < -0.4 is 20.7 Å². The Labute approximate surface area is 203 Å². The minimum atomic E-state index is -1.31. The van der Waals surface area contributed by atoms with Crippen LogP contribution in [0.3, 0.4) is 0 Å². The zero-order valence-corrected chi connectivity index (χ0v) is 19.3. The lowest BCUT2D eigenvalue weighted by Gasteiger charge is -2.46. The Morgan fingerprint density at radius 2 is 1.49 bits per heavy atom. The van der Waals surface area contributed by atoms with E-state index < -0.39 is 29.8 Å². The first-order valence-electron chi connectivity index (χ1n) is 11.3. The highest BCUT2D eigenvalue weighted by Gasteiger charge is 2.55. The van der Waals surface area contributed by atoms with Gasteiger partial charge in [-0.3, -0.25) is 9.59 Å². The van der Waals surface area contributed by atoms with Gasteiger partial charge in [0.2, 0.25) is 12.1 Å². The number of nitrogens with one attached hydrogen (secondary N) is 3. The normalized spacial score (nSPS) is 19.5. The van der Waals surface area contributed by atoms with Crippen LogP contribution in [0, 0.1) is 0 Å². The maximum atomic E-state index is 13.3. The average molecular weight is 474 g/mol. The van der Waals surface area contributed by atoms with E-state index in [4.69, 9.17) is 9.47 Å². The van der Waals surface area contributed by atoms with Gasteiger partial charge in [0.25, 0.3) is 5.91 Å². The van der Waals surface area contributed by atoms with Crippen molar-refractivity contribution in [2.75, 3.05) is 0 Å². The molecule has 180 valence electrons. The van der Waals surface area contributed by atoms with E-state index in [-0.39, 0.29) is 18.9 Å². The van der Waals surface area contributed by atoms with Crippen LogP contribution in [0.1, 0.15) is 18.1 Å². The van der Waals surface area contributed by atoms with Crippen molar-refractivity contribution in [1.82, 2.24) is 16.0 Å². The summed E-state index contributed by atoms with van der Waals surface area (Å²) in [7, 11) is 0. The summed E-state index contributed by atoms with van der Waals surface area (Å²) < 4.78 is 11.1. The maximum absolute atomic E-state index is 13.3. The van der Waals surface area contributed by atoms with Crippen molar-refractivity contribution in [3.05, 3.63) is 102 Å². The molecule has 3 amide bonds. The number of hydrogen-bond acceptors (Lipinski definition) is 5. The van der Waals surface area contributed by atoms with Gasteiger partial charge in [0, 0.05) is 6.42 Å². The van der Waals surface area contributed by atoms with E-state index in [0.717, 1.165) is 11.1 Å². The van der Waals surface area contributed by atoms with Crippen molar-refractivity contribution < 1.29 is 23.9 Å². The quantitative estimate of drug-likeness (QED) is 0.415. The highest BCUT2D eigenvalue weighted by Crippen LogP contribution is 2.24. The molecule has 4 rings (SSSR count). The largest absolute Gasteiger partial charge is 0.468 e. The third kappa shape index (κ3) is 5.97. The summed E-state index contributed by atoms with van der Waals surface area (Å²) in [5.74, 6) is -0.345. The second kappa shape index (κ2) is 10.7. The van der Waals surface area contributed by atoms with Gasteiger partial charge in [-0.15, -0.1) is 0 Å². The van der Waals surface area contributed by atoms with Gasteiger partial charge in [-0.2, -0.15) is 0 Å². The van der Waals surface area contributed by atoms with Gasteiger partial charge in [0.05, 0.1) is 0 Å². The number of amides is 3. The van der Waals surface area contributed by atoms with Crippen LogP contribution in [0.4, 0.5) is 4.79 Å². The Hall–Kier alpha value is -4.33. The summed E-state index contributed by atoms with van der Waals surface area (Å²) in [5.41, 5.74) is 0.361. The molecule has 1 heterocycles. The van der Waals surface area contributed by atoms with Crippen molar-refractivity contribution in [2.45, 2.75) is 37.8 Å². The molecule has 8 nitrogen and oxygen atoms in total. The number of β-lactam (4-membered cyclic amide) rings is 1. The topological polar surface area (TPSA) is 106 Å². The molecule has 3 aromatic carbocycles. The fourth-order valence-corrected chi connectivity index (χ4v) is 3.67. The number of carbonyl (C=O) groups is 3. The van der Waals surface area contributed by atoms with Gasteiger partial charge in [-0.1, -0.05) is 78.9 Å². The molecule has 3 aromatic rings. The Kier molecular flexibility index (Phi) is 7.30. The molecule has 1 fully saturated rings. The van der Waals surface area contributed by atoms with E-state index in [0.29, 0.717) is 5.75 Å². The molecule has 3 N–H and O–H groups in total. The van der Waals surface area contributed by atoms with E-state index in [2.05, 4.69) is 16.0 Å². The van der Waals surface area contributed by atoms with E-state index >= 15 is 0 Å².